The van der Waals surface area contributed by atoms with E-state index in [1.54, 1.807) is 12.1 Å². The summed E-state index contributed by atoms with van der Waals surface area (Å²) in [4.78, 5) is 19.0. The number of nitrogens with zero attached hydrogens (tertiary/aromatic N) is 2. The van der Waals surface area contributed by atoms with Crippen molar-refractivity contribution in [3.63, 3.8) is 0 Å². The van der Waals surface area contributed by atoms with E-state index in [0.717, 1.165) is 19.3 Å². The lowest BCUT2D eigenvalue weighted by Crippen LogP contribution is -2.39. The second kappa shape index (κ2) is 9.92. The highest BCUT2D eigenvalue weighted by Crippen LogP contribution is 2.29. The Bertz CT molecular complexity index is 861. The van der Waals surface area contributed by atoms with E-state index < -0.39 is 17.9 Å². The van der Waals surface area contributed by atoms with Crippen LogP contribution in [0.1, 0.15) is 12.1 Å². The number of hydrogen-bond acceptors (Lipinski definition) is 6. The zero-order chi connectivity index (χ0) is 21.6. The molecule has 1 fully saturated rings. The number of urea groups is 1. The number of nitrogens with one attached hydrogen (secondary N) is 3. The first-order chi connectivity index (χ1) is 14.3. The van der Waals surface area contributed by atoms with Crippen molar-refractivity contribution >= 4 is 29.1 Å². The Morgan fingerprint density at radius 1 is 1.30 bits per heavy atom. The van der Waals surface area contributed by atoms with Gasteiger partial charge in [-0.15, -0.1) is 0 Å². The van der Waals surface area contributed by atoms with Crippen molar-refractivity contribution in [2.75, 3.05) is 36.9 Å². The van der Waals surface area contributed by atoms with Gasteiger partial charge in [-0.2, -0.15) is 13.2 Å². The van der Waals surface area contributed by atoms with Crippen molar-refractivity contribution in [1.82, 2.24) is 15.3 Å². The predicted octanol–water partition coefficient (Wildman–Crippen LogP) is 3.55. The molecular formula is C18H19ClF3N5O3. The largest absolute Gasteiger partial charge is 0.491 e. The molecule has 8 nitrogen and oxygen atoms in total. The van der Waals surface area contributed by atoms with Crippen LogP contribution in [-0.2, 0) is 10.9 Å². The summed E-state index contributed by atoms with van der Waals surface area (Å²) in [5, 5.41) is 8.44. The molecule has 0 aliphatic carbocycles. The molecule has 2 aromatic rings. The van der Waals surface area contributed by atoms with E-state index in [2.05, 4.69) is 25.9 Å². The van der Waals surface area contributed by atoms with Gasteiger partial charge in [0.1, 0.15) is 5.75 Å². The number of rotatable bonds is 6. The summed E-state index contributed by atoms with van der Waals surface area (Å²) in [6.07, 6.45) is -2.56. The minimum absolute atomic E-state index is 0.0454. The van der Waals surface area contributed by atoms with Gasteiger partial charge in [0.15, 0.2) is 11.5 Å². The molecule has 0 bridgehead atoms. The fourth-order valence-electron chi connectivity index (χ4n) is 2.64. The van der Waals surface area contributed by atoms with Gasteiger partial charge < -0.3 is 20.1 Å². The van der Waals surface area contributed by atoms with Gasteiger partial charge in [-0.3, -0.25) is 5.32 Å². The number of morpholine rings is 1. The maximum atomic E-state index is 12.5. The second-order valence-corrected chi connectivity index (χ2v) is 6.77. The minimum Gasteiger partial charge on any atom is -0.491 e. The zero-order valence-electron chi connectivity index (χ0n) is 15.6. The average Bonchev–Trinajstić information content (AvgIpc) is 2.70. The predicted molar refractivity (Wildman–Crippen MR) is 104 cm³/mol. The average molecular weight is 446 g/mol. The normalized spacial score (nSPS) is 16.7. The van der Waals surface area contributed by atoms with Gasteiger partial charge in [-0.05, 0) is 18.2 Å². The molecule has 2 amide bonds. The standard InChI is InChI=1S/C18H19ClF3N5O3/c19-11-1-2-14(30-5-3-12-8-23-4-6-29-12)13(7-11)26-17(28)27-16-10-24-15(9-25-16)18(20,21)22/h1-2,7,9-10,12,23H,3-6,8H2,(H2,25,26,27,28)/t12-/m1/s1. The molecule has 3 N–H and O–H groups in total. The molecule has 0 unspecified atom stereocenters. The summed E-state index contributed by atoms with van der Waals surface area (Å²) in [5.74, 6) is 0.240. The summed E-state index contributed by atoms with van der Waals surface area (Å²) in [7, 11) is 0. The third kappa shape index (κ3) is 6.44. The van der Waals surface area contributed by atoms with E-state index in [-0.39, 0.29) is 11.9 Å². The summed E-state index contributed by atoms with van der Waals surface area (Å²) in [6, 6.07) is 3.97. The Balaban J connectivity index is 1.58. The Kier molecular flexibility index (Phi) is 7.29. The van der Waals surface area contributed by atoms with Crippen molar-refractivity contribution in [3.8, 4) is 5.75 Å². The number of alkyl halides is 3. The first-order valence-corrected chi connectivity index (χ1v) is 9.41. The molecule has 1 atom stereocenters. The van der Waals surface area contributed by atoms with Gasteiger partial charge >= 0.3 is 12.2 Å². The lowest BCUT2D eigenvalue weighted by Gasteiger charge is -2.23. The Hall–Kier alpha value is -2.63. The maximum Gasteiger partial charge on any atom is 0.434 e. The highest BCUT2D eigenvalue weighted by atomic mass is 35.5. The topological polar surface area (TPSA) is 97.4 Å². The first-order valence-electron chi connectivity index (χ1n) is 9.03. The second-order valence-electron chi connectivity index (χ2n) is 6.34. The Morgan fingerprint density at radius 3 is 2.80 bits per heavy atom. The van der Waals surface area contributed by atoms with Gasteiger partial charge in [0.05, 0.1) is 37.4 Å². The zero-order valence-corrected chi connectivity index (χ0v) is 16.4. The van der Waals surface area contributed by atoms with Crippen LogP contribution in [0.3, 0.4) is 0 Å². The molecule has 0 spiro atoms. The highest BCUT2D eigenvalue weighted by Gasteiger charge is 2.32. The fraction of sp³-hybridized carbons (Fsp3) is 0.389. The number of ether oxygens (including phenoxy) is 2. The molecule has 2 heterocycles. The van der Waals surface area contributed by atoms with E-state index in [1.165, 1.54) is 6.07 Å². The van der Waals surface area contributed by atoms with Crippen molar-refractivity contribution < 1.29 is 27.4 Å². The summed E-state index contributed by atoms with van der Waals surface area (Å²) in [6.45, 7) is 2.56. The van der Waals surface area contributed by atoms with Crippen molar-refractivity contribution in [1.29, 1.82) is 0 Å². The number of hydrogen-bond donors (Lipinski definition) is 3. The quantitative estimate of drug-likeness (QED) is 0.629. The molecule has 30 heavy (non-hydrogen) atoms. The van der Waals surface area contributed by atoms with Crippen molar-refractivity contribution in [2.45, 2.75) is 18.7 Å². The molecule has 1 aromatic heterocycles. The van der Waals surface area contributed by atoms with E-state index in [9.17, 15) is 18.0 Å². The van der Waals surface area contributed by atoms with E-state index in [1.807, 2.05) is 0 Å². The first kappa shape index (κ1) is 22.1. The molecule has 3 rings (SSSR count). The molecule has 12 heteroatoms. The van der Waals surface area contributed by atoms with Crippen LogP contribution in [-0.4, -0.2) is 48.4 Å². The number of aromatic nitrogens is 2. The summed E-state index contributed by atoms with van der Waals surface area (Å²) >= 11 is 5.99. The third-order valence-electron chi connectivity index (χ3n) is 4.08. The molecule has 162 valence electrons. The number of amides is 2. The third-order valence-corrected chi connectivity index (χ3v) is 4.31. The lowest BCUT2D eigenvalue weighted by atomic mass is 10.2. The van der Waals surface area contributed by atoms with Gasteiger partial charge in [0.2, 0.25) is 0 Å². The molecule has 1 aliphatic rings. The van der Waals surface area contributed by atoms with Crippen LogP contribution in [0, 0.1) is 0 Å². The molecular weight excluding hydrogens is 427 g/mol. The Labute approximate surface area is 175 Å². The Morgan fingerprint density at radius 2 is 2.13 bits per heavy atom. The summed E-state index contributed by atoms with van der Waals surface area (Å²) < 4.78 is 48.9. The van der Waals surface area contributed by atoms with Crippen LogP contribution in [0.15, 0.2) is 30.6 Å². The SMILES string of the molecule is O=C(Nc1cnc(C(F)(F)F)cn1)Nc1cc(Cl)ccc1OCC[C@@H]1CNCCO1. The fourth-order valence-corrected chi connectivity index (χ4v) is 2.81. The van der Waals surface area contributed by atoms with Crippen LogP contribution in [0.4, 0.5) is 29.5 Å². The number of anilines is 2. The smallest absolute Gasteiger partial charge is 0.434 e. The van der Waals surface area contributed by atoms with E-state index >= 15 is 0 Å². The number of benzene rings is 1. The van der Waals surface area contributed by atoms with Crippen LogP contribution in [0.25, 0.3) is 0 Å². The number of halogens is 4. The molecule has 1 saturated heterocycles. The number of carbonyl (C=O) groups excluding carboxylic acids is 1. The number of carbonyl (C=O) groups is 1. The van der Waals surface area contributed by atoms with Crippen molar-refractivity contribution in [3.05, 3.63) is 41.3 Å². The molecule has 1 aromatic carbocycles. The van der Waals surface area contributed by atoms with Gasteiger partial charge in [-0.25, -0.2) is 14.8 Å². The van der Waals surface area contributed by atoms with E-state index in [0.29, 0.717) is 42.3 Å². The summed E-state index contributed by atoms with van der Waals surface area (Å²) in [5.41, 5.74) is -0.862. The minimum atomic E-state index is -4.61. The van der Waals surface area contributed by atoms with Gasteiger partial charge in [0, 0.05) is 24.5 Å². The van der Waals surface area contributed by atoms with Gasteiger partial charge in [-0.1, -0.05) is 11.6 Å². The maximum absolute atomic E-state index is 12.5. The van der Waals surface area contributed by atoms with Crippen LogP contribution in [0.2, 0.25) is 5.02 Å². The van der Waals surface area contributed by atoms with Gasteiger partial charge in [0.25, 0.3) is 0 Å². The molecule has 1 aliphatic heterocycles. The van der Waals surface area contributed by atoms with Crippen molar-refractivity contribution in [2.24, 2.45) is 0 Å². The molecule has 0 saturated carbocycles. The molecule has 0 radical (unpaired) electrons. The van der Waals surface area contributed by atoms with E-state index in [4.69, 9.17) is 21.1 Å². The monoisotopic (exact) mass is 445 g/mol. The highest BCUT2D eigenvalue weighted by molar-refractivity contribution is 6.31. The van der Waals surface area contributed by atoms with Crippen LogP contribution >= 0.6 is 11.6 Å². The lowest BCUT2D eigenvalue weighted by molar-refractivity contribution is -0.141. The van der Waals surface area contributed by atoms with Crippen LogP contribution < -0.4 is 20.7 Å². The van der Waals surface area contributed by atoms with Crippen LogP contribution in [0.5, 0.6) is 5.75 Å².